The van der Waals surface area contributed by atoms with E-state index in [1.165, 1.54) is 0 Å². The molecule has 4 aromatic rings. The van der Waals surface area contributed by atoms with Crippen molar-refractivity contribution >= 4 is 37.5 Å². The van der Waals surface area contributed by atoms with E-state index in [-0.39, 0.29) is 29.3 Å². The van der Waals surface area contributed by atoms with Gasteiger partial charge in [0.15, 0.2) is 0 Å². The molecule has 5 rings (SSSR count). The summed E-state index contributed by atoms with van der Waals surface area (Å²) in [4.78, 5) is 13.3. The predicted octanol–water partition coefficient (Wildman–Crippen LogP) is 4.00. The molecule has 0 radical (unpaired) electrons. The minimum absolute atomic E-state index is 0.00723. The van der Waals surface area contributed by atoms with Crippen LogP contribution in [-0.2, 0) is 21.2 Å². The van der Waals surface area contributed by atoms with Crippen LogP contribution in [0.2, 0.25) is 0 Å². The first-order chi connectivity index (χ1) is 17.5. The van der Waals surface area contributed by atoms with E-state index in [1.807, 2.05) is 48.5 Å². The lowest BCUT2D eigenvalue weighted by Gasteiger charge is -2.26. The molecule has 1 heterocycles. The Hall–Kier alpha value is -3.26. The summed E-state index contributed by atoms with van der Waals surface area (Å²) in [6.07, 6.45) is 2.11. The van der Waals surface area contributed by atoms with E-state index in [1.54, 1.807) is 12.1 Å². The van der Waals surface area contributed by atoms with E-state index < -0.39 is 10.0 Å². The zero-order valence-electron chi connectivity index (χ0n) is 20.1. The summed E-state index contributed by atoms with van der Waals surface area (Å²) in [5, 5.41) is 10.5. The second-order valence-corrected chi connectivity index (χ2v) is 11.2. The number of amides is 1. The highest BCUT2D eigenvalue weighted by atomic mass is 32.2. The lowest BCUT2D eigenvalue weighted by atomic mass is 9.96. The largest absolute Gasteiger partial charge is 0.351 e. The molecule has 7 heteroatoms. The van der Waals surface area contributed by atoms with Crippen molar-refractivity contribution in [1.29, 1.82) is 0 Å². The average Bonchev–Trinajstić information content (AvgIpc) is 2.92. The van der Waals surface area contributed by atoms with Crippen molar-refractivity contribution in [3.8, 4) is 0 Å². The van der Waals surface area contributed by atoms with E-state index in [0.29, 0.717) is 6.42 Å². The summed E-state index contributed by atoms with van der Waals surface area (Å²) >= 11 is 0. The first kappa shape index (κ1) is 24.4. The van der Waals surface area contributed by atoms with Crippen LogP contribution in [0.15, 0.2) is 89.8 Å². The highest BCUT2D eigenvalue weighted by Gasteiger charge is 2.25. The number of piperidine rings is 1. The molecule has 0 unspecified atom stereocenters. The van der Waals surface area contributed by atoms with Crippen LogP contribution >= 0.6 is 0 Å². The molecule has 0 saturated carbocycles. The molecule has 36 heavy (non-hydrogen) atoms. The van der Waals surface area contributed by atoms with Gasteiger partial charge in [0.25, 0.3) is 0 Å². The van der Waals surface area contributed by atoms with Gasteiger partial charge in [-0.25, -0.2) is 13.1 Å². The Morgan fingerprint density at radius 2 is 1.44 bits per heavy atom. The van der Waals surface area contributed by atoms with Crippen LogP contribution in [-0.4, -0.2) is 40.0 Å². The standard InChI is InChI=1S/C29H31N3O3S/c33-29(24-13-15-30-16-14-24)32-27(18-21-9-10-22-5-1-3-7-25(22)17-21)20-31-36(34,35)28-12-11-23-6-2-4-8-26(23)19-28/h1-12,17,19,24,27,30-31H,13-16,18,20H2,(H,32,33)/t27-/m1/s1. The Kier molecular flexibility index (Phi) is 7.32. The highest BCUT2D eigenvalue weighted by molar-refractivity contribution is 7.89. The summed E-state index contributed by atoms with van der Waals surface area (Å²) in [5.74, 6) is -0.0605. The van der Waals surface area contributed by atoms with E-state index in [0.717, 1.165) is 53.0 Å². The molecular formula is C29H31N3O3S. The molecule has 6 nitrogen and oxygen atoms in total. The predicted molar refractivity (Wildman–Crippen MR) is 144 cm³/mol. The fourth-order valence-electron chi connectivity index (χ4n) is 4.86. The van der Waals surface area contributed by atoms with Gasteiger partial charge in [-0.05, 0) is 71.6 Å². The number of hydrogen-bond acceptors (Lipinski definition) is 4. The molecule has 1 amide bonds. The number of rotatable bonds is 8. The minimum atomic E-state index is -3.75. The van der Waals surface area contributed by atoms with Crippen LogP contribution in [0.1, 0.15) is 18.4 Å². The van der Waals surface area contributed by atoms with Crippen molar-refractivity contribution in [1.82, 2.24) is 15.4 Å². The lowest BCUT2D eigenvalue weighted by Crippen LogP contribution is -2.48. The third kappa shape index (κ3) is 5.75. The molecule has 3 N–H and O–H groups in total. The van der Waals surface area contributed by atoms with Crippen LogP contribution in [0.4, 0.5) is 0 Å². The Morgan fingerprint density at radius 3 is 2.14 bits per heavy atom. The topological polar surface area (TPSA) is 87.3 Å². The van der Waals surface area contributed by atoms with Gasteiger partial charge in [0, 0.05) is 18.5 Å². The number of sulfonamides is 1. The van der Waals surface area contributed by atoms with Gasteiger partial charge in [0.2, 0.25) is 15.9 Å². The summed E-state index contributed by atoms with van der Waals surface area (Å²) in [7, 11) is -3.75. The van der Waals surface area contributed by atoms with Crippen molar-refractivity contribution in [2.24, 2.45) is 5.92 Å². The fourth-order valence-corrected chi connectivity index (χ4v) is 5.97. The molecule has 0 aromatic heterocycles. The van der Waals surface area contributed by atoms with Gasteiger partial charge in [-0.2, -0.15) is 0 Å². The second-order valence-electron chi connectivity index (χ2n) is 9.48. The van der Waals surface area contributed by atoms with Gasteiger partial charge in [-0.3, -0.25) is 4.79 Å². The molecule has 1 aliphatic rings. The molecule has 1 saturated heterocycles. The maximum Gasteiger partial charge on any atom is 0.240 e. The molecule has 4 aromatic carbocycles. The van der Waals surface area contributed by atoms with Gasteiger partial charge in [-0.15, -0.1) is 0 Å². The van der Waals surface area contributed by atoms with Gasteiger partial charge in [-0.1, -0.05) is 72.8 Å². The van der Waals surface area contributed by atoms with Crippen LogP contribution in [0.5, 0.6) is 0 Å². The zero-order valence-corrected chi connectivity index (χ0v) is 20.9. The zero-order chi connectivity index (χ0) is 25.0. The Balaban J connectivity index is 1.34. The number of carbonyl (C=O) groups excluding carboxylic acids is 1. The van der Waals surface area contributed by atoms with Crippen LogP contribution in [0.25, 0.3) is 21.5 Å². The van der Waals surface area contributed by atoms with Crippen molar-refractivity contribution in [3.63, 3.8) is 0 Å². The number of nitrogens with one attached hydrogen (secondary N) is 3. The molecule has 0 spiro atoms. The summed E-state index contributed by atoms with van der Waals surface area (Å²) in [6, 6.07) is 26.8. The quantitative estimate of drug-likeness (QED) is 0.341. The number of carbonyl (C=O) groups is 1. The van der Waals surface area contributed by atoms with Crippen molar-refractivity contribution in [2.75, 3.05) is 19.6 Å². The van der Waals surface area contributed by atoms with Crippen LogP contribution in [0, 0.1) is 5.92 Å². The minimum Gasteiger partial charge on any atom is -0.351 e. The van der Waals surface area contributed by atoms with Gasteiger partial charge >= 0.3 is 0 Å². The summed E-state index contributed by atoms with van der Waals surface area (Å²) < 4.78 is 29.1. The normalized spacial score (nSPS) is 15.7. The second kappa shape index (κ2) is 10.8. The molecular weight excluding hydrogens is 470 g/mol. The van der Waals surface area contributed by atoms with E-state index >= 15 is 0 Å². The summed E-state index contributed by atoms with van der Waals surface area (Å²) in [6.45, 7) is 1.75. The van der Waals surface area contributed by atoms with Crippen molar-refractivity contribution in [3.05, 3.63) is 90.5 Å². The highest BCUT2D eigenvalue weighted by Crippen LogP contribution is 2.20. The van der Waals surface area contributed by atoms with E-state index in [4.69, 9.17) is 0 Å². The molecule has 0 bridgehead atoms. The summed E-state index contributed by atoms with van der Waals surface area (Å²) in [5.41, 5.74) is 1.05. The molecule has 0 aliphatic carbocycles. The molecule has 1 fully saturated rings. The smallest absolute Gasteiger partial charge is 0.240 e. The maximum absolute atomic E-state index is 13.2. The monoisotopic (exact) mass is 501 g/mol. The number of hydrogen-bond donors (Lipinski definition) is 3. The van der Waals surface area contributed by atoms with Crippen LogP contribution < -0.4 is 15.4 Å². The molecule has 1 atom stereocenters. The Labute approximate surface area is 212 Å². The lowest BCUT2D eigenvalue weighted by molar-refractivity contribution is -0.126. The molecule has 186 valence electrons. The number of benzene rings is 4. The van der Waals surface area contributed by atoms with Crippen molar-refractivity contribution in [2.45, 2.75) is 30.2 Å². The van der Waals surface area contributed by atoms with Crippen LogP contribution in [0.3, 0.4) is 0 Å². The SMILES string of the molecule is O=C(N[C@@H](CNS(=O)(=O)c1ccc2ccccc2c1)Cc1ccc2ccccc2c1)C1CCNCC1. The maximum atomic E-state index is 13.2. The fraction of sp³-hybridized carbons (Fsp3) is 0.276. The Bertz CT molecular complexity index is 1480. The van der Waals surface area contributed by atoms with Gasteiger partial charge in [0.1, 0.15) is 0 Å². The first-order valence-electron chi connectivity index (χ1n) is 12.5. The number of fused-ring (bicyclic) bond motifs is 2. The third-order valence-corrected chi connectivity index (χ3v) is 8.32. The van der Waals surface area contributed by atoms with Gasteiger partial charge in [0.05, 0.1) is 4.90 Å². The Morgan fingerprint density at radius 1 is 0.833 bits per heavy atom. The van der Waals surface area contributed by atoms with Crippen molar-refractivity contribution < 1.29 is 13.2 Å². The van der Waals surface area contributed by atoms with E-state index in [2.05, 4.69) is 39.6 Å². The van der Waals surface area contributed by atoms with Gasteiger partial charge < -0.3 is 10.6 Å². The first-order valence-corrected chi connectivity index (χ1v) is 13.9. The van der Waals surface area contributed by atoms with E-state index in [9.17, 15) is 13.2 Å². The average molecular weight is 502 g/mol. The molecule has 1 aliphatic heterocycles. The third-order valence-electron chi connectivity index (χ3n) is 6.90.